The van der Waals surface area contributed by atoms with Crippen molar-refractivity contribution < 1.29 is 0 Å². The molecule has 18 heavy (non-hydrogen) atoms. The van der Waals surface area contributed by atoms with E-state index in [2.05, 4.69) is 51.1 Å². The van der Waals surface area contributed by atoms with E-state index in [9.17, 15) is 0 Å². The second-order valence-electron chi connectivity index (χ2n) is 5.31. The summed E-state index contributed by atoms with van der Waals surface area (Å²) in [4.78, 5) is 2.32. The van der Waals surface area contributed by atoms with Gasteiger partial charge in [0.2, 0.25) is 0 Å². The molecule has 0 saturated heterocycles. The number of rotatable bonds is 2. The highest BCUT2D eigenvalue weighted by molar-refractivity contribution is 7.99. The normalized spacial score (nSPS) is 11.6. The molecule has 0 fully saturated rings. The lowest BCUT2D eigenvalue weighted by Gasteiger charge is -2.19. The number of hydrogen-bond donors (Lipinski definition) is 0. The second-order valence-corrected chi connectivity index (χ2v) is 6.83. The van der Waals surface area contributed by atoms with Gasteiger partial charge in [-0.2, -0.15) is 0 Å². The van der Waals surface area contributed by atoms with Crippen molar-refractivity contribution in [2.75, 3.05) is 0 Å². The smallest absolute Gasteiger partial charge is 0.0548 e. The molecular formula is C16H17ClS. The molecule has 0 N–H and O–H groups in total. The van der Waals surface area contributed by atoms with Crippen LogP contribution in [-0.4, -0.2) is 0 Å². The predicted molar refractivity (Wildman–Crippen MR) is 80.7 cm³/mol. The molecule has 2 heteroatoms. The van der Waals surface area contributed by atoms with Crippen molar-refractivity contribution in [3.05, 3.63) is 59.1 Å². The van der Waals surface area contributed by atoms with E-state index in [1.54, 1.807) is 11.8 Å². The van der Waals surface area contributed by atoms with Crippen LogP contribution in [0.25, 0.3) is 0 Å². The van der Waals surface area contributed by atoms with E-state index in [4.69, 9.17) is 11.6 Å². The fraction of sp³-hybridized carbons (Fsp3) is 0.250. The Kier molecular flexibility index (Phi) is 4.04. The van der Waals surface area contributed by atoms with Crippen molar-refractivity contribution in [3.63, 3.8) is 0 Å². The number of halogens is 1. The minimum atomic E-state index is 0.138. The van der Waals surface area contributed by atoms with Crippen LogP contribution < -0.4 is 0 Å². The van der Waals surface area contributed by atoms with Gasteiger partial charge in [0.05, 0.1) is 5.02 Å². The molecule has 0 amide bonds. The van der Waals surface area contributed by atoms with Gasteiger partial charge in [0.1, 0.15) is 0 Å². The molecule has 0 aliphatic heterocycles. The Morgan fingerprint density at radius 2 is 1.61 bits per heavy atom. The molecule has 0 atom stereocenters. The quantitative estimate of drug-likeness (QED) is 0.669. The Balaban J connectivity index is 2.26. The third kappa shape index (κ3) is 3.30. The zero-order valence-electron chi connectivity index (χ0n) is 10.9. The molecule has 0 bridgehead atoms. The van der Waals surface area contributed by atoms with Crippen molar-refractivity contribution in [1.82, 2.24) is 0 Å². The van der Waals surface area contributed by atoms with Gasteiger partial charge in [0.15, 0.2) is 0 Å². The van der Waals surface area contributed by atoms with Gasteiger partial charge in [0, 0.05) is 9.79 Å². The van der Waals surface area contributed by atoms with Crippen molar-refractivity contribution >= 4 is 23.4 Å². The zero-order chi connectivity index (χ0) is 13.2. The highest BCUT2D eigenvalue weighted by Crippen LogP contribution is 2.35. The van der Waals surface area contributed by atoms with Gasteiger partial charge >= 0.3 is 0 Å². The maximum Gasteiger partial charge on any atom is 0.0548 e. The summed E-state index contributed by atoms with van der Waals surface area (Å²) in [5, 5.41) is 0.830. The Hall–Kier alpha value is -0.920. The lowest BCUT2D eigenvalue weighted by Crippen LogP contribution is -2.10. The SMILES string of the molecule is CC(C)(C)c1ccc(Sc2ccccc2)c(Cl)c1. The highest BCUT2D eigenvalue weighted by atomic mass is 35.5. The Morgan fingerprint density at radius 1 is 0.944 bits per heavy atom. The lowest BCUT2D eigenvalue weighted by molar-refractivity contribution is 0.590. The third-order valence-corrected chi connectivity index (χ3v) is 4.28. The number of benzene rings is 2. The Labute approximate surface area is 118 Å². The van der Waals surface area contributed by atoms with Crippen LogP contribution in [0.4, 0.5) is 0 Å². The molecule has 0 heterocycles. The summed E-state index contributed by atoms with van der Waals surface area (Å²) < 4.78 is 0. The molecule has 2 rings (SSSR count). The summed E-state index contributed by atoms with van der Waals surface area (Å²) in [7, 11) is 0. The van der Waals surface area contributed by atoms with Crippen molar-refractivity contribution in [2.24, 2.45) is 0 Å². The zero-order valence-corrected chi connectivity index (χ0v) is 12.5. The van der Waals surface area contributed by atoms with Crippen LogP contribution in [-0.2, 0) is 5.41 Å². The molecule has 2 aromatic carbocycles. The molecule has 94 valence electrons. The molecular weight excluding hydrogens is 260 g/mol. The van der Waals surface area contributed by atoms with Crippen LogP contribution in [0.5, 0.6) is 0 Å². The first-order valence-corrected chi connectivity index (χ1v) is 7.19. The largest absolute Gasteiger partial charge is 0.0885 e. The van der Waals surface area contributed by atoms with Gasteiger partial charge in [-0.3, -0.25) is 0 Å². The number of hydrogen-bond acceptors (Lipinski definition) is 1. The van der Waals surface area contributed by atoms with Gasteiger partial charge < -0.3 is 0 Å². The van der Waals surface area contributed by atoms with Crippen LogP contribution in [0, 0.1) is 0 Å². The van der Waals surface area contributed by atoms with E-state index in [1.807, 2.05) is 18.2 Å². The van der Waals surface area contributed by atoms with E-state index < -0.39 is 0 Å². The molecule has 0 nitrogen and oxygen atoms in total. The van der Waals surface area contributed by atoms with Crippen LogP contribution >= 0.6 is 23.4 Å². The summed E-state index contributed by atoms with van der Waals surface area (Å²) in [6.45, 7) is 6.59. The minimum absolute atomic E-state index is 0.138. The maximum atomic E-state index is 6.36. The van der Waals surface area contributed by atoms with Gasteiger partial charge in [-0.05, 0) is 35.2 Å². The molecule has 0 aromatic heterocycles. The Bertz CT molecular complexity index is 527. The molecule has 0 aliphatic rings. The average Bonchev–Trinajstić information content (AvgIpc) is 2.32. The third-order valence-electron chi connectivity index (χ3n) is 2.77. The first-order chi connectivity index (χ1) is 8.47. The van der Waals surface area contributed by atoms with E-state index >= 15 is 0 Å². The molecule has 0 spiro atoms. The monoisotopic (exact) mass is 276 g/mol. The summed E-state index contributed by atoms with van der Waals surface area (Å²) >= 11 is 8.07. The van der Waals surface area contributed by atoms with Crippen LogP contribution in [0.3, 0.4) is 0 Å². The molecule has 0 aliphatic carbocycles. The minimum Gasteiger partial charge on any atom is -0.0885 e. The molecule has 2 aromatic rings. The van der Waals surface area contributed by atoms with E-state index in [-0.39, 0.29) is 5.41 Å². The fourth-order valence-electron chi connectivity index (χ4n) is 1.67. The summed E-state index contributed by atoms with van der Waals surface area (Å²) in [6, 6.07) is 16.6. The van der Waals surface area contributed by atoms with Crippen molar-refractivity contribution in [1.29, 1.82) is 0 Å². The van der Waals surface area contributed by atoms with Gasteiger partial charge in [0.25, 0.3) is 0 Å². The summed E-state index contributed by atoms with van der Waals surface area (Å²) in [6.07, 6.45) is 0. The second kappa shape index (κ2) is 5.38. The Morgan fingerprint density at radius 3 is 2.17 bits per heavy atom. The molecule has 0 saturated carbocycles. The van der Waals surface area contributed by atoms with Crippen LogP contribution in [0.1, 0.15) is 26.3 Å². The van der Waals surface area contributed by atoms with Gasteiger partial charge in [-0.15, -0.1) is 0 Å². The first kappa shape index (κ1) is 13.5. The van der Waals surface area contributed by atoms with Gasteiger partial charge in [-0.25, -0.2) is 0 Å². The maximum absolute atomic E-state index is 6.36. The topological polar surface area (TPSA) is 0 Å². The van der Waals surface area contributed by atoms with E-state index in [1.165, 1.54) is 10.5 Å². The van der Waals surface area contributed by atoms with E-state index in [0.717, 1.165) is 9.92 Å². The van der Waals surface area contributed by atoms with Crippen molar-refractivity contribution in [3.8, 4) is 0 Å². The predicted octanol–water partition coefficient (Wildman–Crippen LogP) is 5.79. The lowest BCUT2D eigenvalue weighted by atomic mass is 9.87. The van der Waals surface area contributed by atoms with Crippen LogP contribution in [0.15, 0.2) is 58.3 Å². The van der Waals surface area contributed by atoms with Crippen molar-refractivity contribution in [2.45, 2.75) is 36.0 Å². The van der Waals surface area contributed by atoms with Crippen LogP contribution in [0.2, 0.25) is 5.02 Å². The van der Waals surface area contributed by atoms with Gasteiger partial charge in [-0.1, -0.05) is 68.4 Å². The standard InChI is InChI=1S/C16H17ClS/c1-16(2,3)12-9-10-15(14(17)11-12)18-13-7-5-4-6-8-13/h4-11H,1-3H3. The highest BCUT2D eigenvalue weighted by Gasteiger charge is 2.15. The summed E-state index contributed by atoms with van der Waals surface area (Å²) in [5.74, 6) is 0. The van der Waals surface area contributed by atoms with E-state index in [0.29, 0.717) is 0 Å². The first-order valence-electron chi connectivity index (χ1n) is 6.00. The average molecular weight is 277 g/mol. The molecule has 0 unspecified atom stereocenters. The summed E-state index contributed by atoms with van der Waals surface area (Å²) in [5.41, 5.74) is 1.41. The fourth-order valence-corrected chi connectivity index (χ4v) is 2.80. The molecule has 0 radical (unpaired) electrons.